The van der Waals surface area contributed by atoms with Crippen molar-refractivity contribution in [2.75, 3.05) is 11.4 Å². The van der Waals surface area contributed by atoms with Crippen LogP contribution in [-0.4, -0.2) is 23.5 Å². The molecule has 4 nitrogen and oxygen atoms in total. The largest absolute Gasteiger partial charge is 0.301 e. The Balaban J connectivity index is 1.82. The number of anilines is 1. The van der Waals surface area contributed by atoms with E-state index in [-0.39, 0.29) is 18.1 Å². The van der Waals surface area contributed by atoms with E-state index in [2.05, 4.69) is 4.98 Å². The summed E-state index contributed by atoms with van der Waals surface area (Å²) in [7, 11) is 0. The number of fused-ring (bicyclic) bond motifs is 1. The van der Waals surface area contributed by atoms with Gasteiger partial charge in [-0.05, 0) is 24.3 Å². The van der Waals surface area contributed by atoms with Gasteiger partial charge in [-0.25, -0.2) is 9.88 Å². The number of carbonyl (C=O) groups is 1. The molecule has 2 aromatic rings. The van der Waals surface area contributed by atoms with Gasteiger partial charge in [-0.2, -0.15) is 0 Å². The quantitative estimate of drug-likeness (QED) is 0.918. The van der Waals surface area contributed by atoms with Crippen LogP contribution in [0.4, 0.5) is 5.82 Å². The monoisotopic (exact) mass is 314 g/mol. The number of hydrogen-bond donors (Lipinski definition) is 1. The van der Waals surface area contributed by atoms with Crippen LogP contribution in [0, 0.1) is 0 Å². The second-order valence-corrected chi connectivity index (χ2v) is 6.31. The molecule has 3 unspecified atom stereocenters. The number of hydrogen-bond acceptors (Lipinski definition) is 2. The van der Waals surface area contributed by atoms with Crippen molar-refractivity contribution in [2.24, 2.45) is 0 Å². The van der Waals surface area contributed by atoms with Gasteiger partial charge in [0.05, 0.1) is 6.54 Å². The number of quaternary nitrogens is 1. The average Bonchev–Trinajstić information content (AvgIpc) is 3.10. The molecule has 1 amide bonds. The van der Waals surface area contributed by atoms with Gasteiger partial charge in [0.25, 0.3) is 5.91 Å². The molecule has 0 spiro atoms. The third kappa shape index (κ3) is 2.11. The Hall–Kier alpha value is -1.91. The van der Waals surface area contributed by atoms with Crippen molar-refractivity contribution in [1.29, 1.82) is 0 Å². The molecule has 112 valence electrons. The molecule has 22 heavy (non-hydrogen) atoms. The molecule has 0 saturated carbocycles. The number of aromatic nitrogens is 1. The summed E-state index contributed by atoms with van der Waals surface area (Å²) in [6, 6.07) is 13.6. The van der Waals surface area contributed by atoms with E-state index >= 15 is 0 Å². The second-order valence-electron chi connectivity index (χ2n) is 5.87. The number of amides is 1. The van der Waals surface area contributed by atoms with Crippen LogP contribution in [0.3, 0.4) is 0 Å². The first-order valence-corrected chi connectivity index (χ1v) is 7.98. The molecule has 1 N–H and O–H groups in total. The molecule has 5 heteroatoms. The molecule has 0 radical (unpaired) electrons. The molecule has 2 fully saturated rings. The SMILES string of the molecule is O=C1C2CCC[NH+]2C(c2cccc(Cl)c2)N1c1ccccn1. The van der Waals surface area contributed by atoms with Crippen molar-refractivity contribution in [3.63, 3.8) is 0 Å². The Labute approximate surface area is 134 Å². The van der Waals surface area contributed by atoms with Crippen LogP contribution in [-0.2, 0) is 4.79 Å². The first-order chi connectivity index (χ1) is 10.8. The molecule has 2 aliphatic heterocycles. The zero-order valence-electron chi connectivity index (χ0n) is 12.1. The highest BCUT2D eigenvalue weighted by Gasteiger charge is 2.53. The smallest absolute Gasteiger partial charge is 0.291 e. The highest BCUT2D eigenvalue weighted by molar-refractivity contribution is 6.30. The van der Waals surface area contributed by atoms with Gasteiger partial charge >= 0.3 is 0 Å². The highest BCUT2D eigenvalue weighted by Crippen LogP contribution is 2.30. The van der Waals surface area contributed by atoms with Crippen molar-refractivity contribution in [3.8, 4) is 0 Å². The summed E-state index contributed by atoms with van der Waals surface area (Å²) in [6.07, 6.45) is 3.75. The predicted octanol–water partition coefficient (Wildman–Crippen LogP) is 1.83. The van der Waals surface area contributed by atoms with Gasteiger partial charge < -0.3 is 4.90 Å². The lowest BCUT2D eigenvalue weighted by atomic mass is 10.1. The van der Waals surface area contributed by atoms with E-state index in [4.69, 9.17) is 11.6 Å². The van der Waals surface area contributed by atoms with Gasteiger partial charge in [-0.1, -0.05) is 29.8 Å². The summed E-state index contributed by atoms with van der Waals surface area (Å²) >= 11 is 6.17. The average molecular weight is 315 g/mol. The van der Waals surface area contributed by atoms with Gasteiger partial charge in [0.15, 0.2) is 12.2 Å². The van der Waals surface area contributed by atoms with Gasteiger partial charge in [0.1, 0.15) is 5.82 Å². The van der Waals surface area contributed by atoms with Crippen LogP contribution in [0.5, 0.6) is 0 Å². The third-order valence-electron chi connectivity index (χ3n) is 4.61. The predicted molar refractivity (Wildman–Crippen MR) is 84.8 cm³/mol. The highest BCUT2D eigenvalue weighted by atomic mass is 35.5. The number of benzene rings is 1. The zero-order chi connectivity index (χ0) is 15.1. The molecule has 1 aromatic heterocycles. The van der Waals surface area contributed by atoms with Gasteiger partial charge in [0, 0.05) is 29.6 Å². The minimum Gasteiger partial charge on any atom is -0.301 e. The number of rotatable bonds is 2. The van der Waals surface area contributed by atoms with Gasteiger partial charge in [-0.15, -0.1) is 0 Å². The van der Waals surface area contributed by atoms with E-state index in [0.29, 0.717) is 5.02 Å². The third-order valence-corrected chi connectivity index (χ3v) is 4.85. The lowest BCUT2D eigenvalue weighted by molar-refractivity contribution is -0.924. The van der Waals surface area contributed by atoms with Crippen LogP contribution in [0.15, 0.2) is 48.7 Å². The van der Waals surface area contributed by atoms with Crippen molar-refractivity contribution in [2.45, 2.75) is 25.0 Å². The minimum atomic E-state index is -0.0337. The van der Waals surface area contributed by atoms with E-state index < -0.39 is 0 Å². The Morgan fingerprint density at radius 2 is 2.14 bits per heavy atom. The molecular formula is C17H17ClN3O+. The lowest BCUT2D eigenvalue weighted by Crippen LogP contribution is -3.12. The standard InChI is InChI=1S/C17H16ClN3O/c18-13-6-3-5-12(11-13)16-20-10-4-7-14(20)17(22)21(16)15-8-1-2-9-19-15/h1-3,5-6,8-9,11,14,16H,4,7,10H2/p+1. The molecule has 4 rings (SSSR count). The topological polar surface area (TPSA) is 37.6 Å². The van der Waals surface area contributed by atoms with Crippen molar-refractivity contribution in [1.82, 2.24) is 4.98 Å². The van der Waals surface area contributed by atoms with Crippen LogP contribution < -0.4 is 9.80 Å². The van der Waals surface area contributed by atoms with Crippen LogP contribution in [0.25, 0.3) is 0 Å². The Morgan fingerprint density at radius 1 is 1.23 bits per heavy atom. The van der Waals surface area contributed by atoms with E-state index in [1.54, 1.807) is 6.20 Å². The summed E-state index contributed by atoms with van der Waals surface area (Å²) in [6.45, 7) is 1.01. The summed E-state index contributed by atoms with van der Waals surface area (Å²) in [4.78, 5) is 20.5. The molecule has 2 saturated heterocycles. The van der Waals surface area contributed by atoms with Crippen molar-refractivity contribution in [3.05, 3.63) is 59.2 Å². The van der Waals surface area contributed by atoms with E-state index in [1.165, 1.54) is 4.90 Å². The molecule has 0 aliphatic carbocycles. The Bertz CT molecular complexity index is 706. The van der Waals surface area contributed by atoms with Crippen molar-refractivity contribution >= 4 is 23.3 Å². The number of nitrogens with zero attached hydrogens (tertiary/aromatic N) is 2. The molecule has 0 bridgehead atoms. The maximum atomic E-state index is 12.9. The second kappa shape index (κ2) is 5.38. The maximum absolute atomic E-state index is 12.9. The van der Waals surface area contributed by atoms with Crippen molar-refractivity contribution < 1.29 is 9.69 Å². The number of carbonyl (C=O) groups excluding carboxylic acids is 1. The summed E-state index contributed by atoms with van der Waals surface area (Å²) in [5.74, 6) is 0.899. The van der Waals surface area contributed by atoms with E-state index in [1.807, 2.05) is 47.4 Å². The molecule has 2 aliphatic rings. The number of pyridine rings is 1. The van der Waals surface area contributed by atoms with E-state index in [9.17, 15) is 4.79 Å². The molecule has 1 aromatic carbocycles. The van der Waals surface area contributed by atoms with Gasteiger partial charge in [-0.3, -0.25) is 4.79 Å². The first kappa shape index (κ1) is 13.7. The summed E-state index contributed by atoms with van der Waals surface area (Å²) in [5.41, 5.74) is 1.07. The first-order valence-electron chi connectivity index (χ1n) is 7.61. The minimum absolute atomic E-state index is 0.0337. The van der Waals surface area contributed by atoms with Crippen LogP contribution >= 0.6 is 11.6 Å². The summed E-state index contributed by atoms with van der Waals surface area (Å²) in [5, 5.41) is 0.702. The molecule has 3 heterocycles. The molecular weight excluding hydrogens is 298 g/mol. The maximum Gasteiger partial charge on any atom is 0.291 e. The number of halogens is 1. The fourth-order valence-corrected chi connectivity index (χ4v) is 3.92. The van der Waals surface area contributed by atoms with Gasteiger partial charge in [0.2, 0.25) is 0 Å². The zero-order valence-corrected chi connectivity index (χ0v) is 12.8. The Kier molecular flexibility index (Phi) is 3.36. The van der Waals surface area contributed by atoms with Crippen LogP contribution in [0.1, 0.15) is 24.6 Å². The fourth-order valence-electron chi connectivity index (χ4n) is 3.72. The lowest BCUT2D eigenvalue weighted by Gasteiger charge is -2.25. The van der Waals surface area contributed by atoms with E-state index in [0.717, 1.165) is 30.8 Å². The Morgan fingerprint density at radius 3 is 2.91 bits per heavy atom. The number of nitrogens with one attached hydrogen (secondary N) is 1. The summed E-state index contributed by atoms with van der Waals surface area (Å²) < 4.78 is 0. The molecule has 3 atom stereocenters. The fraction of sp³-hybridized carbons (Fsp3) is 0.294. The normalized spacial score (nSPS) is 27.2. The van der Waals surface area contributed by atoms with Crippen LogP contribution in [0.2, 0.25) is 5.02 Å².